The van der Waals surface area contributed by atoms with E-state index >= 15 is 0 Å². The Labute approximate surface area is 146 Å². The molecule has 8 heteroatoms. The summed E-state index contributed by atoms with van der Waals surface area (Å²) in [6.07, 6.45) is 2.61. The molecule has 1 fully saturated rings. The van der Waals surface area contributed by atoms with Crippen LogP contribution in [-0.4, -0.2) is 69.8 Å². The van der Waals surface area contributed by atoms with Crippen LogP contribution < -0.4 is 4.74 Å². The van der Waals surface area contributed by atoms with Crippen molar-refractivity contribution in [1.82, 2.24) is 19.7 Å². The van der Waals surface area contributed by atoms with E-state index in [0.29, 0.717) is 31.0 Å². The first kappa shape index (κ1) is 17.4. The normalized spacial score (nSPS) is 19.3. The third-order valence-corrected chi connectivity index (χ3v) is 3.97. The van der Waals surface area contributed by atoms with Crippen LogP contribution in [-0.2, 0) is 11.3 Å². The molecule has 1 aromatic heterocycles. The molecule has 8 nitrogen and oxygen atoms in total. The van der Waals surface area contributed by atoms with Gasteiger partial charge in [0.1, 0.15) is 31.1 Å². The Morgan fingerprint density at radius 3 is 2.96 bits per heavy atom. The maximum absolute atomic E-state index is 10.2. The first-order valence-corrected chi connectivity index (χ1v) is 8.20. The highest BCUT2D eigenvalue weighted by atomic mass is 16.5. The van der Waals surface area contributed by atoms with E-state index < -0.39 is 6.10 Å². The van der Waals surface area contributed by atoms with E-state index in [2.05, 4.69) is 21.1 Å². The van der Waals surface area contributed by atoms with Crippen molar-refractivity contribution in [1.29, 1.82) is 5.26 Å². The second-order valence-corrected chi connectivity index (χ2v) is 5.97. The lowest BCUT2D eigenvalue weighted by Gasteiger charge is -2.33. The van der Waals surface area contributed by atoms with Crippen molar-refractivity contribution in [2.45, 2.75) is 18.8 Å². The zero-order valence-corrected chi connectivity index (χ0v) is 13.9. The third kappa shape index (κ3) is 5.26. The van der Waals surface area contributed by atoms with Gasteiger partial charge >= 0.3 is 0 Å². The molecule has 1 aromatic carbocycles. The number of rotatable bonds is 7. The van der Waals surface area contributed by atoms with Crippen molar-refractivity contribution in [2.24, 2.45) is 0 Å². The number of hydrogen-bond acceptors (Lipinski definition) is 7. The quantitative estimate of drug-likeness (QED) is 0.772. The molecule has 2 aromatic rings. The van der Waals surface area contributed by atoms with Crippen LogP contribution >= 0.6 is 0 Å². The van der Waals surface area contributed by atoms with Crippen LogP contribution in [0.1, 0.15) is 5.56 Å². The van der Waals surface area contributed by atoms with E-state index in [-0.39, 0.29) is 12.7 Å². The van der Waals surface area contributed by atoms with E-state index in [4.69, 9.17) is 14.7 Å². The summed E-state index contributed by atoms with van der Waals surface area (Å²) in [6, 6.07) is 8.91. The van der Waals surface area contributed by atoms with Crippen LogP contribution in [0.4, 0.5) is 0 Å². The fraction of sp³-hybridized carbons (Fsp3) is 0.471. The maximum atomic E-state index is 10.2. The molecule has 0 unspecified atom stereocenters. The van der Waals surface area contributed by atoms with E-state index in [1.165, 1.54) is 6.33 Å². The lowest BCUT2D eigenvalue weighted by atomic mass is 10.2. The Hall–Kier alpha value is -2.47. The monoisotopic (exact) mass is 343 g/mol. The average Bonchev–Trinajstić information content (AvgIpc) is 3.14. The zero-order chi connectivity index (χ0) is 17.5. The van der Waals surface area contributed by atoms with E-state index in [0.717, 1.165) is 13.1 Å². The SMILES string of the molecule is N#Cc1ccc(OC[C@H](O)CN2CCO[C@@H](Cn3cncn3)C2)cc1. The van der Waals surface area contributed by atoms with Gasteiger partial charge in [-0.2, -0.15) is 10.4 Å². The van der Waals surface area contributed by atoms with Crippen molar-refractivity contribution in [3.63, 3.8) is 0 Å². The summed E-state index contributed by atoms with van der Waals surface area (Å²) in [4.78, 5) is 6.09. The summed E-state index contributed by atoms with van der Waals surface area (Å²) in [5.41, 5.74) is 0.583. The molecule has 132 valence electrons. The summed E-state index contributed by atoms with van der Waals surface area (Å²) in [5.74, 6) is 0.643. The second kappa shape index (κ2) is 8.58. The molecule has 0 radical (unpaired) electrons. The van der Waals surface area contributed by atoms with Crippen molar-refractivity contribution < 1.29 is 14.6 Å². The topological polar surface area (TPSA) is 96.4 Å². The van der Waals surface area contributed by atoms with Crippen molar-refractivity contribution in [3.05, 3.63) is 42.5 Å². The molecule has 0 saturated carbocycles. The van der Waals surface area contributed by atoms with Crippen LogP contribution in [0, 0.1) is 11.3 Å². The number of aliphatic hydroxyl groups excluding tert-OH is 1. The van der Waals surface area contributed by atoms with E-state index in [9.17, 15) is 5.11 Å². The summed E-state index contributed by atoms with van der Waals surface area (Å²) < 4.78 is 13.1. The molecule has 2 heterocycles. The van der Waals surface area contributed by atoms with Gasteiger partial charge in [-0.25, -0.2) is 4.98 Å². The Bertz CT molecular complexity index is 683. The van der Waals surface area contributed by atoms with Gasteiger partial charge < -0.3 is 14.6 Å². The molecule has 1 N–H and O–H groups in total. The highest BCUT2D eigenvalue weighted by molar-refractivity contribution is 5.34. The maximum Gasteiger partial charge on any atom is 0.137 e. The third-order valence-electron chi connectivity index (χ3n) is 3.97. The lowest BCUT2D eigenvalue weighted by Crippen LogP contribution is -2.47. The minimum Gasteiger partial charge on any atom is -0.491 e. The number of morpholine rings is 1. The number of aliphatic hydroxyl groups is 1. The molecule has 0 aliphatic carbocycles. The molecule has 2 atom stereocenters. The summed E-state index contributed by atoms with van der Waals surface area (Å²) in [7, 11) is 0. The lowest BCUT2D eigenvalue weighted by molar-refractivity contribution is -0.0517. The second-order valence-electron chi connectivity index (χ2n) is 5.97. The van der Waals surface area contributed by atoms with Crippen molar-refractivity contribution >= 4 is 0 Å². The van der Waals surface area contributed by atoms with Crippen LogP contribution in [0.3, 0.4) is 0 Å². The molecule has 3 rings (SSSR count). The number of benzene rings is 1. The fourth-order valence-corrected chi connectivity index (χ4v) is 2.76. The number of nitriles is 1. The number of aromatic nitrogens is 3. The molecule has 25 heavy (non-hydrogen) atoms. The van der Waals surface area contributed by atoms with Crippen LogP contribution in [0.2, 0.25) is 0 Å². The number of hydrogen-bond donors (Lipinski definition) is 1. The molecular formula is C17H21N5O3. The van der Waals surface area contributed by atoms with Crippen molar-refractivity contribution in [2.75, 3.05) is 32.8 Å². The van der Waals surface area contributed by atoms with Crippen LogP contribution in [0.5, 0.6) is 5.75 Å². The van der Waals surface area contributed by atoms with Gasteiger partial charge in [-0.05, 0) is 24.3 Å². The van der Waals surface area contributed by atoms with Gasteiger partial charge in [0, 0.05) is 19.6 Å². The highest BCUT2D eigenvalue weighted by Gasteiger charge is 2.23. The summed E-state index contributed by atoms with van der Waals surface area (Å²) in [6.45, 7) is 3.51. The minimum atomic E-state index is -0.597. The van der Waals surface area contributed by atoms with E-state index in [1.807, 2.05) is 0 Å². The Morgan fingerprint density at radius 2 is 2.24 bits per heavy atom. The zero-order valence-electron chi connectivity index (χ0n) is 13.9. The summed E-state index contributed by atoms with van der Waals surface area (Å²) >= 11 is 0. The number of nitrogens with zero attached hydrogens (tertiary/aromatic N) is 5. The van der Waals surface area contributed by atoms with Crippen LogP contribution in [0.15, 0.2) is 36.9 Å². The van der Waals surface area contributed by atoms with Crippen molar-refractivity contribution in [3.8, 4) is 11.8 Å². The van der Waals surface area contributed by atoms with Gasteiger partial charge in [0.05, 0.1) is 30.9 Å². The minimum absolute atomic E-state index is 0.0297. The smallest absolute Gasteiger partial charge is 0.137 e. The highest BCUT2D eigenvalue weighted by Crippen LogP contribution is 2.13. The van der Waals surface area contributed by atoms with Gasteiger partial charge in [0.25, 0.3) is 0 Å². The Balaban J connectivity index is 1.42. The Morgan fingerprint density at radius 1 is 1.40 bits per heavy atom. The largest absolute Gasteiger partial charge is 0.491 e. The van der Waals surface area contributed by atoms with Gasteiger partial charge in [0.2, 0.25) is 0 Å². The fourth-order valence-electron chi connectivity index (χ4n) is 2.76. The van der Waals surface area contributed by atoms with Gasteiger partial charge in [-0.15, -0.1) is 0 Å². The number of β-amino-alcohol motifs (C(OH)–C–C–N with tert-alkyl or cyclic N) is 1. The summed E-state index contributed by atoms with van der Waals surface area (Å²) in [5, 5.41) is 23.1. The first-order chi connectivity index (χ1) is 12.2. The standard InChI is InChI=1S/C17H21N5O3/c18-7-14-1-3-16(4-2-14)25-11-15(23)8-21-5-6-24-17(9-21)10-22-13-19-12-20-22/h1-4,12-13,15,17,23H,5-6,8-11H2/t15-,17-/m1/s1. The molecule has 1 saturated heterocycles. The molecule has 0 amide bonds. The van der Waals surface area contributed by atoms with Gasteiger partial charge in [-0.1, -0.05) is 0 Å². The molecule has 1 aliphatic rings. The molecule has 0 bridgehead atoms. The number of ether oxygens (including phenoxy) is 2. The predicted octanol–water partition coefficient (Wildman–Crippen LogP) is 0.290. The molecule has 1 aliphatic heterocycles. The van der Waals surface area contributed by atoms with Crippen LogP contribution in [0.25, 0.3) is 0 Å². The Kier molecular flexibility index (Phi) is 5.95. The van der Waals surface area contributed by atoms with E-state index in [1.54, 1.807) is 35.3 Å². The van der Waals surface area contributed by atoms with Gasteiger partial charge in [-0.3, -0.25) is 9.58 Å². The molecular weight excluding hydrogens is 322 g/mol. The molecule has 0 spiro atoms. The first-order valence-electron chi connectivity index (χ1n) is 8.20. The van der Waals surface area contributed by atoms with Gasteiger partial charge in [0.15, 0.2) is 0 Å². The average molecular weight is 343 g/mol. The predicted molar refractivity (Wildman–Crippen MR) is 88.9 cm³/mol.